The molecule has 1 fully saturated rings. The summed E-state index contributed by atoms with van der Waals surface area (Å²) < 4.78 is 5.41. The molecule has 1 atom stereocenters. The van der Waals surface area contributed by atoms with Crippen LogP contribution in [0.3, 0.4) is 0 Å². The van der Waals surface area contributed by atoms with E-state index < -0.39 is 0 Å². The molecule has 2 aromatic rings. The first-order chi connectivity index (χ1) is 12.7. The third kappa shape index (κ3) is 3.28. The van der Waals surface area contributed by atoms with Crippen molar-refractivity contribution in [1.29, 1.82) is 0 Å². The second-order valence-electron chi connectivity index (χ2n) is 6.48. The average molecular weight is 351 g/mol. The maximum absolute atomic E-state index is 13.0. The summed E-state index contributed by atoms with van der Waals surface area (Å²) in [4.78, 5) is 27.1. The number of anilines is 2. The van der Waals surface area contributed by atoms with Crippen molar-refractivity contribution in [3.8, 4) is 0 Å². The molecule has 1 saturated heterocycles. The maximum Gasteiger partial charge on any atom is 0.253 e. The van der Waals surface area contributed by atoms with Crippen LogP contribution in [0.5, 0.6) is 0 Å². The highest BCUT2D eigenvalue weighted by Crippen LogP contribution is 2.31. The Balaban J connectivity index is 1.59. The molecule has 6 heteroatoms. The molecule has 0 aromatic heterocycles. The SMILES string of the molecule is O=C1CC(NC(=O)c2ccccc2N2CCOCC2)c2ccccc2N1. The lowest BCUT2D eigenvalue weighted by molar-refractivity contribution is -0.116. The highest BCUT2D eigenvalue weighted by Gasteiger charge is 2.27. The highest BCUT2D eigenvalue weighted by molar-refractivity contribution is 6.01. The maximum atomic E-state index is 13.0. The predicted octanol–water partition coefficient (Wildman–Crippen LogP) is 2.34. The Morgan fingerprint density at radius 3 is 2.65 bits per heavy atom. The number of hydrogen-bond acceptors (Lipinski definition) is 4. The Morgan fingerprint density at radius 1 is 1.08 bits per heavy atom. The molecule has 6 nitrogen and oxygen atoms in total. The van der Waals surface area contributed by atoms with Gasteiger partial charge in [-0.3, -0.25) is 9.59 Å². The highest BCUT2D eigenvalue weighted by atomic mass is 16.5. The Labute approximate surface area is 152 Å². The standard InChI is InChI=1S/C20H21N3O3/c24-19-13-17(14-5-1-3-7-16(14)21-19)22-20(25)15-6-2-4-8-18(15)23-9-11-26-12-10-23/h1-8,17H,9-13H2,(H,21,24)(H,22,25). The molecule has 134 valence electrons. The van der Waals surface area contributed by atoms with E-state index in [2.05, 4.69) is 15.5 Å². The number of rotatable bonds is 3. The first kappa shape index (κ1) is 16.6. The van der Waals surface area contributed by atoms with Gasteiger partial charge >= 0.3 is 0 Å². The van der Waals surface area contributed by atoms with E-state index in [1.54, 1.807) is 0 Å². The summed E-state index contributed by atoms with van der Waals surface area (Å²) in [5, 5.41) is 5.90. The van der Waals surface area contributed by atoms with Crippen LogP contribution in [0.2, 0.25) is 0 Å². The molecule has 2 N–H and O–H groups in total. The van der Waals surface area contributed by atoms with Gasteiger partial charge in [-0.05, 0) is 23.8 Å². The second kappa shape index (κ2) is 7.17. The minimum atomic E-state index is -0.329. The number of nitrogens with one attached hydrogen (secondary N) is 2. The van der Waals surface area contributed by atoms with Crippen LogP contribution in [0, 0.1) is 0 Å². The number of morpholine rings is 1. The molecule has 2 heterocycles. The third-order valence-electron chi connectivity index (χ3n) is 4.81. The van der Waals surface area contributed by atoms with E-state index in [1.165, 1.54) is 0 Å². The van der Waals surface area contributed by atoms with Crippen molar-refractivity contribution in [1.82, 2.24) is 5.32 Å². The lowest BCUT2D eigenvalue weighted by Crippen LogP contribution is -2.39. The number of hydrogen-bond donors (Lipinski definition) is 2. The molecule has 2 aliphatic rings. The lowest BCUT2D eigenvalue weighted by atomic mass is 9.97. The number of ether oxygens (including phenoxy) is 1. The molecule has 0 bridgehead atoms. The monoisotopic (exact) mass is 351 g/mol. The van der Waals surface area contributed by atoms with Gasteiger partial charge in [0, 0.05) is 24.5 Å². The first-order valence-electron chi connectivity index (χ1n) is 8.84. The molecule has 2 aromatic carbocycles. The summed E-state index contributed by atoms with van der Waals surface area (Å²) in [7, 11) is 0. The molecule has 4 rings (SSSR count). The van der Waals surface area contributed by atoms with E-state index in [1.807, 2.05) is 48.5 Å². The zero-order valence-electron chi connectivity index (χ0n) is 14.4. The van der Waals surface area contributed by atoms with Gasteiger partial charge < -0.3 is 20.3 Å². The minimum Gasteiger partial charge on any atom is -0.378 e. The topological polar surface area (TPSA) is 70.7 Å². The Morgan fingerprint density at radius 2 is 1.81 bits per heavy atom. The molecule has 0 aliphatic carbocycles. The van der Waals surface area contributed by atoms with Crippen molar-refractivity contribution in [3.05, 3.63) is 59.7 Å². The van der Waals surface area contributed by atoms with E-state index in [0.717, 1.165) is 30.0 Å². The Bertz CT molecular complexity index is 831. The summed E-state index contributed by atoms with van der Waals surface area (Å²) in [6.45, 7) is 2.84. The molecular weight excluding hydrogens is 330 g/mol. The number of carbonyl (C=O) groups is 2. The van der Waals surface area contributed by atoms with Gasteiger partial charge in [0.1, 0.15) is 0 Å². The van der Waals surface area contributed by atoms with Crippen LogP contribution in [-0.2, 0) is 9.53 Å². The first-order valence-corrected chi connectivity index (χ1v) is 8.84. The van der Waals surface area contributed by atoms with Crippen molar-refractivity contribution in [2.45, 2.75) is 12.5 Å². The average Bonchev–Trinajstić information content (AvgIpc) is 2.68. The van der Waals surface area contributed by atoms with Gasteiger partial charge in [0.2, 0.25) is 5.91 Å². The predicted molar refractivity (Wildman–Crippen MR) is 99.4 cm³/mol. The van der Waals surface area contributed by atoms with Gasteiger partial charge in [0.15, 0.2) is 0 Å². The molecular formula is C20H21N3O3. The van der Waals surface area contributed by atoms with E-state index in [0.29, 0.717) is 18.8 Å². The van der Waals surface area contributed by atoms with Crippen LogP contribution in [0.4, 0.5) is 11.4 Å². The molecule has 2 aliphatic heterocycles. The second-order valence-corrected chi connectivity index (χ2v) is 6.48. The van der Waals surface area contributed by atoms with Crippen LogP contribution in [0.25, 0.3) is 0 Å². The Kier molecular flexibility index (Phi) is 4.58. The van der Waals surface area contributed by atoms with Crippen LogP contribution < -0.4 is 15.5 Å². The number of carbonyl (C=O) groups excluding carboxylic acids is 2. The van der Waals surface area contributed by atoms with Crippen molar-refractivity contribution < 1.29 is 14.3 Å². The summed E-state index contributed by atoms with van der Waals surface area (Å²) >= 11 is 0. The number of amides is 2. The van der Waals surface area contributed by atoms with E-state index in [9.17, 15) is 9.59 Å². The molecule has 26 heavy (non-hydrogen) atoms. The Hall–Kier alpha value is -2.86. The number of benzene rings is 2. The smallest absolute Gasteiger partial charge is 0.253 e. The van der Waals surface area contributed by atoms with Gasteiger partial charge in [-0.15, -0.1) is 0 Å². The van der Waals surface area contributed by atoms with Crippen LogP contribution >= 0.6 is 0 Å². The van der Waals surface area contributed by atoms with Gasteiger partial charge in [0.25, 0.3) is 5.91 Å². The fourth-order valence-corrected chi connectivity index (χ4v) is 3.52. The number of nitrogens with zero attached hydrogens (tertiary/aromatic N) is 1. The fraction of sp³-hybridized carbons (Fsp3) is 0.300. The summed E-state index contributed by atoms with van der Waals surface area (Å²) in [5.74, 6) is -0.253. The molecule has 0 radical (unpaired) electrons. The zero-order valence-corrected chi connectivity index (χ0v) is 14.4. The normalized spacial score (nSPS) is 19.5. The molecule has 1 unspecified atom stereocenters. The van der Waals surface area contributed by atoms with Crippen LogP contribution in [0.1, 0.15) is 28.4 Å². The van der Waals surface area contributed by atoms with Crippen molar-refractivity contribution >= 4 is 23.2 Å². The molecule has 0 saturated carbocycles. The fourth-order valence-electron chi connectivity index (χ4n) is 3.52. The third-order valence-corrected chi connectivity index (χ3v) is 4.81. The molecule has 2 amide bonds. The van der Waals surface area contributed by atoms with Crippen molar-refractivity contribution in [3.63, 3.8) is 0 Å². The summed E-state index contributed by atoms with van der Waals surface area (Å²) in [5.41, 5.74) is 3.22. The lowest BCUT2D eigenvalue weighted by Gasteiger charge is -2.31. The van der Waals surface area contributed by atoms with Crippen molar-refractivity contribution in [2.24, 2.45) is 0 Å². The van der Waals surface area contributed by atoms with Crippen molar-refractivity contribution in [2.75, 3.05) is 36.5 Å². The largest absolute Gasteiger partial charge is 0.378 e. The van der Waals surface area contributed by atoms with Gasteiger partial charge in [-0.2, -0.15) is 0 Å². The van der Waals surface area contributed by atoms with Gasteiger partial charge in [-0.1, -0.05) is 30.3 Å². The minimum absolute atomic E-state index is 0.0875. The van der Waals surface area contributed by atoms with E-state index >= 15 is 0 Å². The van der Waals surface area contributed by atoms with Gasteiger partial charge in [-0.25, -0.2) is 0 Å². The zero-order chi connectivity index (χ0) is 17.9. The quantitative estimate of drug-likeness (QED) is 0.890. The van der Waals surface area contributed by atoms with Crippen LogP contribution in [0.15, 0.2) is 48.5 Å². The summed E-state index contributed by atoms with van der Waals surface area (Å²) in [6, 6.07) is 14.8. The van der Waals surface area contributed by atoms with E-state index in [4.69, 9.17) is 4.74 Å². The van der Waals surface area contributed by atoms with Gasteiger partial charge in [0.05, 0.1) is 31.2 Å². The molecule has 0 spiro atoms. The number of fused-ring (bicyclic) bond motifs is 1. The van der Waals surface area contributed by atoms with E-state index in [-0.39, 0.29) is 24.3 Å². The number of para-hydroxylation sites is 2. The summed E-state index contributed by atoms with van der Waals surface area (Å²) in [6.07, 6.45) is 0.239. The van der Waals surface area contributed by atoms with Crippen LogP contribution in [-0.4, -0.2) is 38.1 Å².